The minimum atomic E-state index is -0.0913. The standard InChI is InChI=1S/C16H14N4O2S/c1-2-7-20-12-6-5-10(9-11(12)17-16(20)21)14-18-15(22-19-14)13-4-3-8-23-13/h3-6,8-9H,2,7H2,1H3,(H,17,21). The number of hydrogen-bond acceptors (Lipinski definition) is 5. The number of aromatic nitrogens is 4. The van der Waals surface area contributed by atoms with Gasteiger partial charge in [0.25, 0.3) is 5.89 Å². The van der Waals surface area contributed by atoms with Crippen LogP contribution in [0.3, 0.4) is 0 Å². The van der Waals surface area contributed by atoms with Crippen molar-refractivity contribution in [2.24, 2.45) is 0 Å². The number of fused-ring (bicyclic) bond motifs is 1. The smallest absolute Gasteiger partial charge is 0.326 e. The molecule has 1 aromatic carbocycles. The maximum Gasteiger partial charge on any atom is 0.326 e. The molecule has 0 spiro atoms. The third kappa shape index (κ3) is 2.39. The zero-order chi connectivity index (χ0) is 15.8. The first kappa shape index (κ1) is 14.0. The SMILES string of the molecule is CCCn1c(=O)[nH]c2cc(-c3noc(-c4cccs4)n3)ccc21. The number of nitrogens with one attached hydrogen (secondary N) is 1. The van der Waals surface area contributed by atoms with Crippen molar-refractivity contribution in [2.45, 2.75) is 19.9 Å². The average molecular weight is 326 g/mol. The van der Waals surface area contributed by atoms with Gasteiger partial charge in [-0.25, -0.2) is 4.79 Å². The van der Waals surface area contributed by atoms with Crippen molar-refractivity contribution >= 4 is 22.4 Å². The molecule has 23 heavy (non-hydrogen) atoms. The number of nitrogens with zero attached hydrogens (tertiary/aromatic N) is 3. The number of imidazole rings is 1. The Bertz CT molecular complexity index is 1010. The number of H-pyrrole nitrogens is 1. The lowest BCUT2D eigenvalue weighted by Crippen LogP contribution is -2.16. The van der Waals surface area contributed by atoms with Gasteiger partial charge in [-0.3, -0.25) is 4.57 Å². The molecule has 0 saturated carbocycles. The molecule has 116 valence electrons. The highest BCUT2D eigenvalue weighted by Gasteiger charge is 2.13. The number of rotatable bonds is 4. The van der Waals surface area contributed by atoms with E-state index in [1.54, 1.807) is 15.9 Å². The summed E-state index contributed by atoms with van der Waals surface area (Å²) in [6.07, 6.45) is 0.906. The van der Waals surface area contributed by atoms with E-state index in [4.69, 9.17) is 4.52 Å². The van der Waals surface area contributed by atoms with Gasteiger partial charge in [-0.2, -0.15) is 4.98 Å². The summed E-state index contributed by atoms with van der Waals surface area (Å²) in [7, 11) is 0. The van der Waals surface area contributed by atoms with E-state index in [1.807, 2.05) is 42.6 Å². The minimum absolute atomic E-state index is 0.0913. The zero-order valence-electron chi connectivity index (χ0n) is 12.4. The van der Waals surface area contributed by atoms with Gasteiger partial charge in [0.1, 0.15) is 0 Å². The number of thiophene rings is 1. The Hall–Kier alpha value is -2.67. The van der Waals surface area contributed by atoms with Gasteiger partial charge in [-0.05, 0) is 36.1 Å². The van der Waals surface area contributed by atoms with Gasteiger partial charge in [0, 0.05) is 12.1 Å². The summed E-state index contributed by atoms with van der Waals surface area (Å²) in [5, 5.41) is 6.00. The Morgan fingerprint density at radius 3 is 3.04 bits per heavy atom. The van der Waals surface area contributed by atoms with Crippen LogP contribution in [0.15, 0.2) is 45.0 Å². The molecule has 0 aliphatic carbocycles. The summed E-state index contributed by atoms with van der Waals surface area (Å²) in [5.74, 6) is 1.02. The Kier molecular flexibility index (Phi) is 3.34. The van der Waals surface area contributed by atoms with Crippen molar-refractivity contribution in [1.29, 1.82) is 0 Å². The van der Waals surface area contributed by atoms with Gasteiger partial charge in [-0.15, -0.1) is 11.3 Å². The van der Waals surface area contributed by atoms with Gasteiger partial charge < -0.3 is 9.51 Å². The first-order valence-corrected chi connectivity index (χ1v) is 8.25. The highest BCUT2D eigenvalue weighted by molar-refractivity contribution is 7.13. The van der Waals surface area contributed by atoms with E-state index in [0.29, 0.717) is 18.3 Å². The minimum Gasteiger partial charge on any atom is -0.333 e. The van der Waals surface area contributed by atoms with Crippen molar-refractivity contribution in [3.8, 4) is 22.2 Å². The van der Waals surface area contributed by atoms with Crippen LogP contribution in [-0.4, -0.2) is 19.7 Å². The van der Waals surface area contributed by atoms with Crippen LogP contribution in [0, 0.1) is 0 Å². The second-order valence-corrected chi connectivity index (χ2v) is 6.16. The molecule has 0 aliphatic rings. The van der Waals surface area contributed by atoms with Crippen LogP contribution in [0.25, 0.3) is 33.2 Å². The molecule has 1 N–H and O–H groups in total. The maximum absolute atomic E-state index is 12.0. The quantitative estimate of drug-likeness (QED) is 0.622. The summed E-state index contributed by atoms with van der Waals surface area (Å²) in [6, 6.07) is 9.58. The lowest BCUT2D eigenvalue weighted by Gasteiger charge is -2.00. The molecule has 0 fully saturated rings. The fraction of sp³-hybridized carbons (Fsp3) is 0.188. The summed E-state index contributed by atoms with van der Waals surface area (Å²) in [6.45, 7) is 2.74. The van der Waals surface area contributed by atoms with Gasteiger partial charge in [0.15, 0.2) is 0 Å². The molecule has 6 nitrogen and oxygen atoms in total. The van der Waals surface area contributed by atoms with E-state index in [2.05, 4.69) is 15.1 Å². The number of hydrogen-bond donors (Lipinski definition) is 1. The van der Waals surface area contributed by atoms with Gasteiger partial charge in [0.2, 0.25) is 5.82 Å². The molecule has 7 heteroatoms. The Morgan fingerprint density at radius 1 is 1.35 bits per heavy atom. The Labute approximate surface area is 135 Å². The molecular weight excluding hydrogens is 312 g/mol. The normalized spacial score (nSPS) is 11.3. The van der Waals surface area contributed by atoms with Crippen LogP contribution in [0.5, 0.6) is 0 Å². The largest absolute Gasteiger partial charge is 0.333 e. The van der Waals surface area contributed by atoms with Crippen LogP contribution >= 0.6 is 11.3 Å². The molecule has 0 amide bonds. The highest BCUT2D eigenvalue weighted by Crippen LogP contribution is 2.26. The summed E-state index contributed by atoms with van der Waals surface area (Å²) >= 11 is 1.55. The molecule has 0 aliphatic heterocycles. The Balaban J connectivity index is 1.76. The zero-order valence-corrected chi connectivity index (χ0v) is 13.3. The molecule has 0 unspecified atom stereocenters. The van der Waals surface area contributed by atoms with Crippen LogP contribution < -0.4 is 5.69 Å². The maximum atomic E-state index is 12.0. The van der Waals surface area contributed by atoms with Crippen molar-refractivity contribution in [3.63, 3.8) is 0 Å². The van der Waals surface area contributed by atoms with Gasteiger partial charge >= 0.3 is 5.69 Å². The molecule has 0 radical (unpaired) electrons. The number of benzene rings is 1. The molecule has 0 saturated heterocycles. The van der Waals surface area contributed by atoms with Gasteiger partial charge in [0.05, 0.1) is 15.9 Å². The molecule has 0 atom stereocenters. The van der Waals surface area contributed by atoms with Crippen molar-refractivity contribution in [2.75, 3.05) is 0 Å². The topological polar surface area (TPSA) is 76.7 Å². The van der Waals surface area contributed by atoms with Crippen LogP contribution in [-0.2, 0) is 6.54 Å². The molecule has 4 rings (SSSR count). The van der Waals surface area contributed by atoms with E-state index in [-0.39, 0.29) is 5.69 Å². The second kappa shape index (κ2) is 5.51. The molecular formula is C16H14N4O2S. The van der Waals surface area contributed by atoms with Crippen LogP contribution in [0.2, 0.25) is 0 Å². The third-order valence-electron chi connectivity index (χ3n) is 3.64. The summed E-state index contributed by atoms with van der Waals surface area (Å²) in [5.41, 5.74) is 2.39. The lowest BCUT2D eigenvalue weighted by atomic mass is 10.2. The van der Waals surface area contributed by atoms with Crippen LogP contribution in [0.1, 0.15) is 13.3 Å². The van der Waals surface area contributed by atoms with E-state index in [1.165, 1.54) is 0 Å². The summed E-state index contributed by atoms with van der Waals surface area (Å²) in [4.78, 5) is 20.2. The van der Waals surface area contributed by atoms with E-state index < -0.39 is 0 Å². The molecule has 4 aromatic rings. The second-order valence-electron chi connectivity index (χ2n) is 5.21. The number of aromatic amines is 1. The van der Waals surface area contributed by atoms with Gasteiger partial charge in [-0.1, -0.05) is 18.1 Å². The first-order chi connectivity index (χ1) is 11.3. The van der Waals surface area contributed by atoms with Crippen molar-refractivity contribution < 1.29 is 4.52 Å². The predicted molar refractivity (Wildman–Crippen MR) is 89.5 cm³/mol. The fourth-order valence-corrected chi connectivity index (χ4v) is 3.23. The van der Waals surface area contributed by atoms with E-state index >= 15 is 0 Å². The number of aryl methyl sites for hydroxylation is 1. The first-order valence-electron chi connectivity index (χ1n) is 7.37. The third-order valence-corrected chi connectivity index (χ3v) is 4.50. The predicted octanol–water partition coefficient (Wildman–Crippen LogP) is 3.52. The fourth-order valence-electron chi connectivity index (χ4n) is 2.59. The monoisotopic (exact) mass is 326 g/mol. The average Bonchev–Trinajstić information content (AvgIpc) is 3.26. The molecule has 0 bridgehead atoms. The van der Waals surface area contributed by atoms with E-state index in [9.17, 15) is 4.79 Å². The molecule has 3 heterocycles. The van der Waals surface area contributed by atoms with E-state index in [0.717, 1.165) is 27.9 Å². The molecule has 3 aromatic heterocycles. The van der Waals surface area contributed by atoms with Crippen LogP contribution in [0.4, 0.5) is 0 Å². The highest BCUT2D eigenvalue weighted by atomic mass is 32.1. The van der Waals surface area contributed by atoms with Crippen molar-refractivity contribution in [1.82, 2.24) is 19.7 Å². The summed E-state index contributed by atoms with van der Waals surface area (Å²) < 4.78 is 7.06. The Morgan fingerprint density at radius 2 is 2.26 bits per heavy atom. The van der Waals surface area contributed by atoms with Crippen molar-refractivity contribution in [3.05, 3.63) is 46.2 Å². The lowest BCUT2D eigenvalue weighted by molar-refractivity contribution is 0.433.